The van der Waals surface area contributed by atoms with Gasteiger partial charge in [-0.25, -0.2) is 0 Å². The third-order valence-electron chi connectivity index (χ3n) is 2.22. The molecule has 0 aromatic rings. The Hall–Kier alpha value is -0.770. The van der Waals surface area contributed by atoms with Gasteiger partial charge in [0.2, 0.25) is 0 Å². The Morgan fingerprint density at radius 1 is 1.40 bits per heavy atom. The first-order chi connectivity index (χ1) is 6.72. The van der Waals surface area contributed by atoms with E-state index in [0.29, 0.717) is 6.61 Å². The molecule has 0 radical (unpaired) electrons. The van der Waals surface area contributed by atoms with Gasteiger partial charge in [0.25, 0.3) is 0 Å². The maximum Gasteiger partial charge on any atom is 0.315 e. The first-order valence-electron chi connectivity index (χ1n) is 5.12. The van der Waals surface area contributed by atoms with E-state index in [1.165, 1.54) is 0 Å². The average molecular weight is 236 g/mol. The van der Waals surface area contributed by atoms with E-state index < -0.39 is 0 Å². The fraction of sp³-hybridized carbons (Fsp3) is 0.800. The molecule has 5 heteroatoms. The van der Waals surface area contributed by atoms with Gasteiger partial charge in [-0.15, -0.1) is 12.4 Å². The van der Waals surface area contributed by atoms with Crippen LogP contribution >= 0.6 is 12.4 Å². The monoisotopic (exact) mass is 235 g/mol. The van der Waals surface area contributed by atoms with Crippen LogP contribution in [0, 0.1) is 5.41 Å². The lowest BCUT2D eigenvalue weighted by atomic mass is 10.3. The summed E-state index contributed by atoms with van der Waals surface area (Å²) >= 11 is 0. The van der Waals surface area contributed by atoms with E-state index in [9.17, 15) is 4.79 Å². The third kappa shape index (κ3) is 5.62. The molecule has 0 atom stereocenters. The number of esters is 1. The fourth-order valence-corrected chi connectivity index (χ4v) is 1.59. The van der Waals surface area contributed by atoms with Crippen LogP contribution in [0.4, 0.5) is 0 Å². The molecule has 0 aliphatic heterocycles. The highest BCUT2D eigenvalue weighted by Gasteiger charge is 2.18. The maximum absolute atomic E-state index is 11.0. The number of carbonyl (C=O) groups is 1. The van der Waals surface area contributed by atoms with Gasteiger partial charge in [-0.2, -0.15) is 0 Å². The molecule has 88 valence electrons. The van der Waals surface area contributed by atoms with E-state index in [1.54, 1.807) is 6.92 Å². The van der Waals surface area contributed by atoms with E-state index >= 15 is 0 Å². The van der Waals surface area contributed by atoms with Crippen molar-refractivity contribution < 1.29 is 14.3 Å². The smallest absolute Gasteiger partial charge is 0.315 e. The van der Waals surface area contributed by atoms with E-state index in [-0.39, 0.29) is 36.8 Å². The number of carbonyl (C=O) groups excluding carboxylic acids is 1. The first kappa shape index (κ1) is 14.2. The van der Waals surface area contributed by atoms with Crippen molar-refractivity contribution in [3.05, 3.63) is 0 Å². The van der Waals surface area contributed by atoms with Gasteiger partial charge in [-0.3, -0.25) is 10.2 Å². The molecular weight excluding hydrogens is 218 g/mol. The average Bonchev–Trinajstić information content (AvgIpc) is 2.56. The molecule has 0 spiro atoms. The number of ether oxygens (including phenoxy) is 2. The van der Waals surface area contributed by atoms with Gasteiger partial charge in [-0.1, -0.05) is 0 Å². The number of halogens is 1. The molecule has 1 fully saturated rings. The zero-order valence-corrected chi connectivity index (χ0v) is 9.77. The highest BCUT2D eigenvalue weighted by Crippen LogP contribution is 2.21. The second-order valence-corrected chi connectivity index (χ2v) is 3.43. The molecule has 1 aliphatic carbocycles. The Bertz CT molecular complexity index is 215. The quantitative estimate of drug-likeness (QED) is 0.462. The predicted octanol–water partition coefficient (Wildman–Crippen LogP) is 2.30. The van der Waals surface area contributed by atoms with Crippen molar-refractivity contribution in [2.45, 2.75) is 45.1 Å². The summed E-state index contributed by atoms with van der Waals surface area (Å²) in [7, 11) is 0. The van der Waals surface area contributed by atoms with Crippen LogP contribution in [0.2, 0.25) is 0 Å². The number of nitrogens with one attached hydrogen (secondary N) is 1. The standard InChI is InChI=1S/C10H17NO3.ClH/c1-2-13-10(12)7-9(11)14-8-5-3-4-6-8;/h8,11H,2-7H2,1H3;1H. The Labute approximate surface area is 96.2 Å². The summed E-state index contributed by atoms with van der Waals surface area (Å²) in [4.78, 5) is 11.0. The van der Waals surface area contributed by atoms with Gasteiger partial charge >= 0.3 is 5.97 Å². The molecule has 0 bridgehead atoms. The van der Waals surface area contributed by atoms with E-state index in [1.807, 2.05) is 0 Å². The van der Waals surface area contributed by atoms with Gasteiger partial charge in [0.05, 0.1) is 6.61 Å². The summed E-state index contributed by atoms with van der Waals surface area (Å²) in [5, 5.41) is 7.44. The summed E-state index contributed by atoms with van der Waals surface area (Å²) in [5.41, 5.74) is 0. The number of rotatable bonds is 4. The Morgan fingerprint density at radius 2 is 2.00 bits per heavy atom. The first-order valence-corrected chi connectivity index (χ1v) is 5.12. The Kier molecular flexibility index (Phi) is 7.13. The second-order valence-electron chi connectivity index (χ2n) is 3.43. The maximum atomic E-state index is 11.0. The lowest BCUT2D eigenvalue weighted by Gasteiger charge is -2.12. The largest absolute Gasteiger partial charge is 0.477 e. The van der Waals surface area contributed by atoms with Gasteiger partial charge in [0.15, 0.2) is 5.90 Å². The van der Waals surface area contributed by atoms with Crippen molar-refractivity contribution in [3.8, 4) is 0 Å². The normalized spacial score (nSPS) is 15.5. The molecule has 0 amide bonds. The SMILES string of the molecule is CCOC(=O)CC(=N)OC1CCCC1.Cl. The summed E-state index contributed by atoms with van der Waals surface area (Å²) in [6.07, 6.45) is 4.45. The van der Waals surface area contributed by atoms with Crippen LogP contribution in [0.1, 0.15) is 39.0 Å². The van der Waals surface area contributed by atoms with Crippen molar-refractivity contribution in [2.24, 2.45) is 0 Å². The lowest BCUT2D eigenvalue weighted by Crippen LogP contribution is -2.18. The minimum atomic E-state index is -0.379. The second kappa shape index (κ2) is 7.51. The zero-order valence-electron chi connectivity index (χ0n) is 8.95. The zero-order chi connectivity index (χ0) is 10.4. The van der Waals surface area contributed by atoms with Crippen LogP contribution in [0.3, 0.4) is 0 Å². The Morgan fingerprint density at radius 3 is 2.53 bits per heavy atom. The Balaban J connectivity index is 0.00000196. The molecule has 0 saturated heterocycles. The van der Waals surface area contributed by atoms with Crippen LogP contribution < -0.4 is 0 Å². The van der Waals surface area contributed by atoms with Crippen molar-refractivity contribution in [1.29, 1.82) is 5.41 Å². The molecular formula is C10H18ClNO3. The van der Waals surface area contributed by atoms with Crippen LogP contribution in [0.25, 0.3) is 0 Å². The molecule has 0 unspecified atom stereocenters. The molecule has 1 N–H and O–H groups in total. The predicted molar refractivity (Wildman–Crippen MR) is 59.6 cm³/mol. The van der Waals surface area contributed by atoms with Crippen LogP contribution in [-0.2, 0) is 14.3 Å². The highest BCUT2D eigenvalue weighted by molar-refractivity contribution is 5.92. The van der Waals surface area contributed by atoms with E-state index in [4.69, 9.17) is 14.9 Å². The van der Waals surface area contributed by atoms with Crippen molar-refractivity contribution in [1.82, 2.24) is 0 Å². The molecule has 4 nitrogen and oxygen atoms in total. The number of hydrogen-bond donors (Lipinski definition) is 1. The molecule has 15 heavy (non-hydrogen) atoms. The molecule has 0 heterocycles. The van der Waals surface area contributed by atoms with E-state index in [0.717, 1.165) is 25.7 Å². The van der Waals surface area contributed by atoms with Gasteiger partial charge < -0.3 is 9.47 Å². The molecule has 0 aromatic heterocycles. The van der Waals surface area contributed by atoms with Gasteiger partial charge in [0, 0.05) is 0 Å². The molecule has 1 saturated carbocycles. The van der Waals surface area contributed by atoms with Gasteiger partial charge in [0.1, 0.15) is 12.5 Å². The van der Waals surface area contributed by atoms with Crippen LogP contribution in [-0.4, -0.2) is 24.6 Å². The molecule has 1 rings (SSSR count). The lowest BCUT2D eigenvalue weighted by molar-refractivity contribution is -0.141. The minimum Gasteiger partial charge on any atom is -0.477 e. The fourth-order valence-electron chi connectivity index (χ4n) is 1.59. The highest BCUT2D eigenvalue weighted by atomic mass is 35.5. The summed E-state index contributed by atoms with van der Waals surface area (Å²) in [6, 6.07) is 0. The van der Waals surface area contributed by atoms with Crippen molar-refractivity contribution >= 4 is 24.3 Å². The number of hydrogen-bond acceptors (Lipinski definition) is 4. The minimum absolute atomic E-state index is 0. The van der Waals surface area contributed by atoms with Crippen molar-refractivity contribution in [3.63, 3.8) is 0 Å². The summed E-state index contributed by atoms with van der Waals surface area (Å²) in [5.74, 6) is -0.342. The third-order valence-corrected chi connectivity index (χ3v) is 2.22. The van der Waals surface area contributed by atoms with Gasteiger partial charge in [-0.05, 0) is 32.6 Å². The van der Waals surface area contributed by atoms with Crippen molar-refractivity contribution in [2.75, 3.05) is 6.61 Å². The molecule has 0 aromatic carbocycles. The summed E-state index contributed by atoms with van der Waals surface area (Å²) in [6.45, 7) is 2.11. The topological polar surface area (TPSA) is 59.4 Å². The summed E-state index contributed by atoms with van der Waals surface area (Å²) < 4.78 is 10.0. The molecule has 1 aliphatic rings. The van der Waals surface area contributed by atoms with Crippen LogP contribution in [0.5, 0.6) is 0 Å². The van der Waals surface area contributed by atoms with E-state index in [2.05, 4.69) is 0 Å². The van der Waals surface area contributed by atoms with Crippen LogP contribution in [0.15, 0.2) is 0 Å².